The minimum Gasteiger partial charge on any atom is -0.484 e. The van der Waals surface area contributed by atoms with Crippen LogP contribution in [0.5, 0.6) is 5.75 Å². The lowest BCUT2D eigenvalue weighted by Crippen LogP contribution is -2.32. The quantitative estimate of drug-likeness (QED) is 0.530. The van der Waals surface area contributed by atoms with E-state index in [9.17, 15) is 18.0 Å². The van der Waals surface area contributed by atoms with Gasteiger partial charge in [-0.15, -0.1) is 0 Å². The van der Waals surface area contributed by atoms with Crippen molar-refractivity contribution in [2.24, 2.45) is 0 Å². The highest BCUT2D eigenvalue weighted by Crippen LogP contribution is 2.26. The topological polar surface area (TPSA) is 106 Å². The number of benzene rings is 2. The molecule has 2 heterocycles. The summed E-state index contributed by atoms with van der Waals surface area (Å²) in [7, 11) is -3.64. The van der Waals surface area contributed by atoms with Crippen LogP contribution in [0.15, 0.2) is 56.6 Å². The molecule has 0 aliphatic carbocycles. The minimum atomic E-state index is -3.64. The third-order valence-corrected chi connectivity index (χ3v) is 7.99. The van der Waals surface area contributed by atoms with E-state index >= 15 is 0 Å². The lowest BCUT2D eigenvalue weighted by atomic mass is 10.1. The highest BCUT2D eigenvalue weighted by Gasteiger charge is 2.27. The largest absolute Gasteiger partial charge is 0.484 e. The van der Waals surface area contributed by atoms with Crippen LogP contribution in [0.4, 0.5) is 5.69 Å². The van der Waals surface area contributed by atoms with Crippen LogP contribution in [-0.4, -0.2) is 38.3 Å². The Morgan fingerprint density at radius 1 is 1.00 bits per heavy atom. The van der Waals surface area contributed by atoms with Gasteiger partial charge in [-0.1, -0.05) is 18.9 Å². The van der Waals surface area contributed by atoms with E-state index in [1.165, 1.54) is 16.4 Å². The minimum absolute atomic E-state index is 0.202. The van der Waals surface area contributed by atoms with E-state index in [2.05, 4.69) is 5.32 Å². The first-order valence-electron chi connectivity index (χ1n) is 11.3. The van der Waals surface area contributed by atoms with Crippen molar-refractivity contribution >= 4 is 32.6 Å². The van der Waals surface area contributed by atoms with Crippen molar-refractivity contribution in [1.29, 1.82) is 0 Å². The molecule has 4 rings (SSSR count). The molecule has 1 aliphatic rings. The fourth-order valence-corrected chi connectivity index (χ4v) is 5.89. The van der Waals surface area contributed by atoms with Gasteiger partial charge in [0.1, 0.15) is 11.3 Å². The zero-order chi connectivity index (χ0) is 24.3. The summed E-state index contributed by atoms with van der Waals surface area (Å²) in [5, 5.41) is 3.49. The van der Waals surface area contributed by atoms with Gasteiger partial charge in [0.25, 0.3) is 5.91 Å². The average Bonchev–Trinajstić information content (AvgIpc) is 3.09. The van der Waals surface area contributed by atoms with Crippen molar-refractivity contribution in [2.45, 2.75) is 44.4 Å². The van der Waals surface area contributed by atoms with Gasteiger partial charge < -0.3 is 14.5 Å². The first-order chi connectivity index (χ1) is 16.2. The van der Waals surface area contributed by atoms with E-state index in [4.69, 9.17) is 9.15 Å². The first kappa shape index (κ1) is 24.0. The molecule has 1 aliphatic heterocycles. The van der Waals surface area contributed by atoms with Crippen LogP contribution >= 0.6 is 0 Å². The number of fused-ring (bicyclic) bond motifs is 1. The molecule has 34 heavy (non-hydrogen) atoms. The van der Waals surface area contributed by atoms with Gasteiger partial charge in [0.2, 0.25) is 10.0 Å². The van der Waals surface area contributed by atoms with Crippen molar-refractivity contribution in [3.8, 4) is 5.75 Å². The molecule has 3 aromatic rings. The molecule has 1 fully saturated rings. The highest BCUT2D eigenvalue weighted by molar-refractivity contribution is 7.89. The van der Waals surface area contributed by atoms with Crippen molar-refractivity contribution in [2.75, 3.05) is 25.0 Å². The predicted molar refractivity (Wildman–Crippen MR) is 130 cm³/mol. The molecule has 9 heteroatoms. The predicted octanol–water partition coefficient (Wildman–Crippen LogP) is 3.99. The van der Waals surface area contributed by atoms with Crippen molar-refractivity contribution in [1.82, 2.24) is 4.31 Å². The maximum absolute atomic E-state index is 13.2. The van der Waals surface area contributed by atoms with Crippen molar-refractivity contribution in [3.05, 3.63) is 64.0 Å². The number of ether oxygens (including phenoxy) is 1. The van der Waals surface area contributed by atoms with Crippen LogP contribution in [0, 0.1) is 13.8 Å². The number of anilines is 1. The monoisotopic (exact) mass is 484 g/mol. The number of rotatable bonds is 6. The van der Waals surface area contributed by atoms with E-state index in [1.807, 2.05) is 6.92 Å². The normalized spacial score (nSPS) is 15.1. The fraction of sp³-hybridized carbons (Fsp3) is 0.360. The SMILES string of the molecule is Cc1ccc(NC(=O)COc2ccc3c(C)cc(=O)oc3c2)cc1S(=O)(=O)N1CCCCCC1. The summed E-state index contributed by atoms with van der Waals surface area (Å²) >= 11 is 0. The third-order valence-electron chi connectivity index (χ3n) is 5.95. The fourth-order valence-electron chi connectivity index (χ4n) is 4.12. The van der Waals surface area contributed by atoms with Crippen LogP contribution in [0.3, 0.4) is 0 Å². The van der Waals surface area contributed by atoms with Crippen molar-refractivity contribution < 1.29 is 22.4 Å². The Morgan fingerprint density at radius 2 is 1.74 bits per heavy atom. The molecule has 1 amide bonds. The molecular formula is C25H28N2O6S. The maximum atomic E-state index is 13.2. The van der Waals surface area contributed by atoms with Crippen LogP contribution in [-0.2, 0) is 14.8 Å². The summed E-state index contributed by atoms with van der Waals surface area (Å²) < 4.78 is 38.7. The molecule has 0 saturated carbocycles. The van der Waals surface area contributed by atoms with E-state index in [-0.39, 0.29) is 11.5 Å². The van der Waals surface area contributed by atoms with Gasteiger partial charge in [-0.2, -0.15) is 4.31 Å². The number of sulfonamides is 1. The van der Waals surface area contributed by atoms with Crippen molar-refractivity contribution in [3.63, 3.8) is 0 Å². The molecule has 0 unspecified atom stereocenters. The Hall–Kier alpha value is -3.17. The standard InChI is InChI=1S/C25H28N2O6S/c1-17-7-8-19(14-23(17)34(30,31)27-11-5-3-4-6-12-27)26-24(28)16-32-20-9-10-21-18(2)13-25(29)33-22(21)15-20/h7-10,13-15H,3-6,11-12,16H2,1-2H3,(H,26,28). The molecule has 0 radical (unpaired) electrons. The second-order valence-corrected chi connectivity index (χ2v) is 10.4. The van der Waals surface area contributed by atoms with Gasteiger partial charge >= 0.3 is 5.63 Å². The zero-order valence-corrected chi connectivity index (χ0v) is 20.1. The molecule has 2 aromatic carbocycles. The molecule has 0 atom stereocenters. The highest BCUT2D eigenvalue weighted by atomic mass is 32.2. The molecule has 180 valence electrons. The Balaban J connectivity index is 1.45. The van der Waals surface area contributed by atoms with Crippen LogP contribution in [0.25, 0.3) is 11.0 Å². The van der Waals surface area contributed by atoms with Gasteiger partial charge in [-0.25, -0.2) is 13.2 Å². The number of hydrogen-bond acceptors (Lipinski definition) is 6. The van der Waals surface area contributed by atoms with E-state index in [0.29, 0.717) is 35.7 Å². The number of nitrogens with zero attached hydrogens (tertiary/aromatic N) is 1. The number of hydrogen-bond donors (Lipinski definition) is 1. The van der Waals surface area contributed by atoms with Gasteiger partial charge in [-0.3, -0.25) is 4.79 Å². The number of aryl methyl sites for hydroxylation is 2. The van der Waals surface area contributed by atoms with Gasteiger partial charge in [0.05, 0.1) is 4.90 Å². The molecule has 1 saturated heterocycles. The zero-order valence-electron chi connectivity index (χ0n) is 19.3. The smallest absolute Gasteiger partial charge is 0.336 e. The molecule has 0 bridgehead atoms. The Bertz CT molecular complexity index is 1370. The van der Waals surface area contributed by atoms with Crippen LogP contribution < -0.4 is 15.7 Å². The average molecular weight is 485 g/mol. The lowest BCUT2D eigenvalue weighted by molar-refractivity contribution is -0.118. The summed E-state index contributed by atoms with van der Waals surface area (Å²) in [5.74, 6) is -0.0579. The summed E-state index contributed by atoms with van der Waals surface area (Å²) in [5.41, 5.74) is 1.73. The number of nitrogens with one attached hydrogen (secondary N) is 1. The second kappa shape index (κ2) is 9.99. The Labute approximate surface area is 198 Å². The van der Waals surface area contributed by atoms with E-state index in [0.717, 1.165) is 36.6 Å². The second-order valence-electron chi connectivity index (χ2n) is 8.54. The number of amides is 1. The lowest BCUT2D eigenvalue weighted by Gasteiger charge is -2.21. The molecular weight excluding hydrogens is 456 g/mol. The van der Waals surface area contributed by atoms with Crippen LogP contribution in [0.2, 0.25) is 0 Å². The van der Waals surface area contributed by atoms with Gasteiger partial charge in [0, 0.05) is 36.3 Å². The maximum Gasteiger partial charge on any atom is 0.336 e. The van der Waals surface area contributed by atoms with Gasteiger partial charge in [0.15, 0.2) is 6.61 Å². The molecule has 0 spiro atoms. The first-order valence-corrected chi connectivity index (χ1v) is 12.8. The Kier molecular flexibility index (Phi) is 7.04. The number of carbonyl (C=O) groups is 1. The molecule has 8 nitrogen and oxygen atoms in total. The van der Waals surface area contributed by atoms with E-state index in [1.54, 1.807) is 37.3 Å². The summed E-state index contributed by atoms with van der Waals surface area (Å²) in [4.78, 5) is 24.3. The Morgan fingerprint density at radius 3 is 2.47 bits per heavy atom. The third kappa shape index (κ3) is 5.31. The van der Waals surface area contributed by atoms with Crippen LogP contribution in [0.1, 0.15) is 36.8 Å². The molecule has 1 N–H and O–H groups in total. The van der Waals surface area contributed by atoms with E-state index < -0.39 is 21.6 Å². The summed E-state index contributed by atoms with van der Waals surface area (Å²) in [6, 6.07) is 11.3. The summed E-state index contributed by atoms with van der Waals surface area (Å²) in [6.45, 7) is 4.30. The molecule has 1 aromatic heterocycles. The summed E-state index contributed by atoms with van der Waals surface area (Å²) in [6.07, 6.45) is 3.77. The van der Waals surface area contributed by atoms with Gasteiger partial charge in [-0.05, 0) is 62.1 Å². The number of carbonyl (C=O) groups excluding carboxylic acids is 1.